The van der Waals surface area contributed by atoms with Gasteiger partial charge in [-0.25, -0.2) is 8.42 Å². The predicted molar refractivity (Wildman–Crippen MR) is 94.0 cm³/mol. The highest BCUT2D eigenvalue weighted by molar-refractivity contribution is 7.89. The second kappa shape index (κ2) is 7.31. The Kier molecular flexibility index (Phi) is 5.41. The van der Waals surface area contributed by atoms with Crippen molar-refractivity contribution in [2.24, 2.45) is 0 Å². The van der Waals surface area contributed by atoms with Gasteiger partial charge in [0.05, 0.1) is 4.90 Å². The molecule has 0 heterocycles. The van der Waals surface area contributed by atoms with Gasteiger partial charge >= 0.3 is 0 Å². The Hall–Kier alpha value is -2.60. The summed E-state index contributed by atoms with van der Waals surface area (Å²) in [5, 5.41) is 0. The minimum atomic E-state index is -3.84. The molecule has 0 fully saturated rings. The van der Waals surface area contributed by atoms with E-state index in [4.69, 9.17) is 0 Å². The lowest BCUT2D eigenvalue weighted by Crippen LogP contribution is -2.29. The average Bonchev–Trinajstić information content (AvgIpc) is 2.54. The number of aryl methyl sites for hydroxylation is 1. The minimum absolute atomic E-state index is 0.00762. The van der Waals surface area contributed by atoms with E-state index in [1.807, 2.05) is 6.92 Å². The predicted octanol–water partition coefficient (Wildman–Crippen LogP) is 2.56. The van der Waals surface area contributed by atoms with Crippen LogP contribution in [0.4, 0.5) is 0 Å². The van der Waals surface area contributed by atoms with Crippen molar-refractivity contribution >= 4 is 15.8 Å². The Morgan fingerprint density at radius 2 is 1.58 bits per heavy atom. The van der Waals surface area contributed by atoms with Crippen LogP contribution in [0.1, 0.15) is 15.9 Å². The molecule has 2 aromatic rings. The van der Waals surface area contributed by atoms with Crippen molar-refractivity contribution < 1.29 is 13.2 Å². The fourth-order valence-electron chi connectivity index (χ4n) is 2.06. The normalized spacial score (nSPS) is 11.9. The second-order valence-electron chi connectivity index (χ2n) is 5.62. The van der Waals surface area contributed by atoms with Gasteiger partial charge in [-0.15, -0.1) is 0 Å². The molecule has 0 spiro atoms. The number of ketones is 1. The Bertz CT molecular complexity index is 840. The van der Waals surface area contributed by atoms with E-state index < -0.39 is 10.0 Å². The summed E-state index contributed by atoms with van der Waals surface area (Å²) in [6, 6.07) is 15.0. The number of hydrogen-bond donors (Lipinski definition) is 1. The molecule has 1 N–H and O–H groups in total. The largest absolute Gasteiger partial charge is 0.382 e. The molecule has 0 aromatic heterocycles. The zero-order chi connectivity index (χ0) is 17.7. The highest BCUT2D eigenvalue weighted by Gasteiger charge is 2.21. The van der Waals surface area contributed by atoms with Gasteiger partial charge in [-0.1, -0.05) is 48.0 Å². The van der Waals surface area contributed by atoms with E-state index in [-0.39, 0.29) is 16.4 Å². The number of rotatable bonds is 6. The fourth-order valence-corrected chi connectivity index (χ4v) is 3.10. The van der Waals surface area contributed by atoms with E-state index in [1.54, 1.807) is 61.5 Å². The summed E-state index contributed by atoms with van der Waals surface area (Å²) in [6.07, 6.45) is 1.46. The van der Waals surface area contributed by atoms with Crippen LogP contribution in [0.3, 0.4) is 0 Å². The number of nitrogens with zero attached hydrogens (tertiary/aromatic N) is 1. The Balaban J connectivity index is 2.36. The van der Waals surface area contributed by atoms with Crippen LogP contribution in [0.2, 0.25) is 0 Å². The smallest absolute Gasteiger partial charge is 0.262 e. The minimum Gasteiger partial charge on any atom is -0.382 e. The standard InChI is InChI=1S/C18H20N2O3S/c1-14-9-11-16(12-10-14)24(22,23)19-17(13-20(2)3)18(21)15-7-5-4-6-8-15/h4-13,19H,1-3H3/b17-13-. The Labute approximate surface area is 142 Å². The molecule has 5 nitrogen and oxygen atoms in total. The first-order valence-electron chi connectivity index (χ1n) is 7.37. The number of allylic oxidation sites excluding steroid dienone is 1. The summed E-state index contributed by atoms with van der Waals surface area (Å²) < 4.78 is 27.5. The van der Waals surface area contributed by atoms with Crippen LogP contribution >= 0.6 is 0 Å². The molecule has 0 unspecified atom stereocenters. The molecule has 2 rings (SSSR count). The van der Waals surface area contributed by atoms with Gasteiger partial charge < -0.3 is 4.90 Å². The topological polar surface area (TPSA) is 66.5 Å². The van der Waals surface area contributed by atoms with Gasteiger partial charge in [-0.3, -0.25) is 9.52 Å². The monoisotopic (exact) mass is 344 g/mol. The summed E-state index contributed by atoms with van der Waals surface area (Å²) in [4.78, 5) is 14.4. The van der Waals surface area contributed by atoms with Crippen molar-refractivity contribution in [3.8, 4) is 0 Å². The van der Waals surface area contributed by atoms with Crippen LogP contribution in [0, 0.1) is 6.92 Å². The van der Waals surface area contributed by atoms with E-state index in [2.05, 4.69) is 4.72 Å². The molecule has 0 bridgehead atoms. The molecule has 0 amide bonds. The Morgan fingerprint density at radius 1 is 1.00 bits per heavy atom. The van der Waals surface area contributed by atoms with Crippen molar-refractivity contribution in [3.05, 3.63) is 77.6 Å². The number of carbonyl (C=O) groups excluding carboxylic acids is 1. The maximum Gasteiger partial charge on any atom is 0.262 e. The van der Waals surface area contributed by atoms with Gasteiger partial charge in [0.1, 0.15) is 5.70 Å². The summed E-state index contributed by atoms with van der Waals surface area (Å²) in [5.41, 5.74) is 1.36. The van der Waals surface area contributed by atoms with E-state index in [1.165, 1.54) is 18.3 Å². The zero-order valence-electron chi connectivity index (χ0n) is 13.9. The molecule has 0 saturated heterocycles. The van der Waals surface area contributed by atoms with Crippen molar-refractivity contribution in [3.63, 3.8) is 0 Å². The SMILES string of the molecule is Cc1ccc(S(=O)(=O)N/C(=C\N(C)C)C(=O)c2ccccc2)cc1. The van der Waals surface area contributed by atoms with E-state index in [0.29, 0.717) is 5.56 Å². The summed E-state index contributed by atoms with van der Waals surface area (Å²) in [6.45, 7) is 1.88. The molecule has 0 aliphatic heterocycles. The number of nitrogens with one attached hydrogen (secondary N) is 1. The van der Waals surface area contributed by atoms with Crippen LogP contribution in [0.25, 0.3) is 0 Å². The van der Waals surface area contributed by atoms with E-state index in [0.717, 1.165) is 5.56 Å². The molecule has 0 atom stereocenters. The highest BCUT2D eigenvalue weighted by atomic mass is 32.2. The van der Waals surface area contributed by atoms with Crippen LogP contribution in [0.15, 0.2) is 71.4 Å². The number of hydrogen-bond acceptors (Lipinski definition) is 4. The molecule has 2 aromatic carbocycles. The van der Waals surface area contributed by atoms with Crippen molar-refractivity contribution in [1.29, 1.82) is 0 Å². The van der Waals surface area contributed by atoms with Crippen molar-refractivity contribution in [2.75, 3.05) is 14.1 Å². The van der Waals surface area contributed by atoms with Gasteiger partial charge in [0.25, 0.3) is 10.0 Å². The lowest BCUT2D eigenvalue weighted by Gasteiger charge is -2.14. The lowest BCUT2D eigenvalue weighted by atomic mass is 10.1. The zero-order valence-corrected chi connectivity index (χ0v) is 14.7. The third kappa shape index (κ3) is 4.45. The van der Waals surface area contributed by atoms with Gasteiger partial charge in [0.2, 0.25) is 5.78 Å². The maximum absolute atomic E-state index is 12.6. The fraction of sp³-hybridized carbons (Fsp3) is 0.167. The van der Waals surface area contributed by atoms with Gasteiger partial charge in [-0.05, 0) is 19.1 Å². The first-order valence-corrected chi connectivity index (χ1v) is 8.85. The number of Topliss-reactive ketones (excluding diaryl/α,β-unsaturated/α-hetero) is 1. The molecule has 24 heavy (non-hydrogen) atoms. The Morgan fingerprint density at radius 3 is 2.12 bits per heavy atom. The molecule has 0 aliphatic carbocycles. The number of carbonyl (C=O) groups is 1. The molecular weight excluding hydrogens is 324 g/mol. The van der Waals surface area contributed by atoms with Gasteiger partial charge in [-0.2, -0.15) is 0 Å². The molecule has 126 valence electrons. The molecule has 0 radical (unpaired) electrons. The third-order valence-electron chi connectivity index (χ3n) is 3.24. The summed E-state index contributed by atoms with van der Waals surface area (Å²) >= 11 is 0. The molecular formula is C18H20N2O3S. The summed E-state index contributed by atoms with van der Waals surface area (Å²) in [5.74, 6) is -0.389. The van der Waals surface area contributed by atoms with Crippen LogP contribution in [0.5, 0.6) is 0 Å². The molecule has 6 heteroatoms. The van der Waals surface area contributed by atoms with E-state index >= 15 is 0 Å². The summed E-state index contributed by atoms with van der Waals surface area (Å²) in [7, 11) is -0.399. The number of sulfonamides is 1. The van der Waals surface area contributed by atoms with Crippen molar-refractivity contribution in [2.45, 2.75) is 11.8 Å². The average molecular weight is 344 g/mol. The van der Waals surface area contributed by atoms with Crippen LogP contribution in [-0.2, 0) is 10.0 Å². The van der Waals surface area contributed by atoms with Gasteiger partial charge in [0, 0.05) is 25.9 Å². The quantitative estimate of drug-likeness (QED) is 0.646. The lowest BCUT2D eigenvalue weighted by molar-refractivity contribution is 0.102. The molecule has 0 saturated carbocycles. The van der Waals surface area contributed by atoms with Gasteiger partial charge in [0.15, 0.2) is 0 Å². The van der Waals surface area contributed by atoms with Crippen molar-refractivity contribution in [1.82, 2.24) is 9.62 Å². The maximum atomic E-state index is 12.6. The van der Waals surface area contributed by atoms with E-state index in [9.17, 15) is 13.2 Å². The molecule has 0 aliphatic rings. The van der Waals surface area contributed by atoms with Crippen LogP contribution in [-0.4, -0.2) is 33.2 Å². The second-order valence-corrected chi connectivity index (χ2v) is 7.30. The first-order chi connectivity index (χ1) is 11.3. The first kappa shape index (κ1) is 17.7. The number of benzene rings is 2. The highest BCUT2D eigenvalue weighted by Crippen LogP contribution is 2.14. The third-order valence-corrected chi connectivity index (χ3v) is 4.62. The van der Waals surface area contributed by atoms with Crippen LogP contribution < -0.4 is 4.72 Å².